The van der Waals surface area contributed by atoms with Gasteiger partial charge >= 0.3 is 5.97 Å². The standard InChI is InChI=1S/C12H13N3O4/c16-11(17)4-6-15-5-3-10(14-15)12(18)13-8-9-2-1-7-19-9/h1-3,5,7H,4,6,8H2,(H,13,18)(H,16,17). The molecule has 0 aliphatic heterocycles. The average molecular weight is 263 g/mol. The van der Waals surface area contributed by atoms with E-state index in [0.717, 1.165) is 0 Å². The highest BCUT2D eigenvalue weighted by molar-refractivity contribution is 5.92. The zero-order valence-electron chi connectivity index (χ0n) is 10.1. The van der Waals surface area contributed by atoms with Crippen LogP contribution >= 0.6 is 0 Å². The van der Waals surface area contributed by atoms with Crippen molar-refractivity contribution >= 4 is 11.9 Å². The second kappa shape index (κ2) is 5.85. The number of hydrogen-bond acceptors (Lipinski definition) is 4. The van der Waals surface area contributed by atoms with Gasteiger partial charge in [-0.3, -0.25) is 14.3 Å². The minimum Gasteiger partial charge on any atom is -0.481 e. The van der Waals surface area contributed by atoms with Gasteiger partial charge < -0.3 is 14.8 Å². The van der Waals surface area contributed by atoms with E-state index in [2.05, 4.69) is 10.4 Å². The Labute approximate surface area is 108 Å². The highest BCUT2D eigenvalue weighted by Gasteiger charge is 2.10. The largest absolute Gasteiger partial charge is 0.481 e. The highest BCUT2D eigenvalue weighted by atomic mass is 16.4. The number of carbonyl (C=O) groups is 2. The van der Waals surface area contributed by atoms with Gasteiger partial charge in [0.1, 0.15) is 11.5 Å². The molecule has 7 nitrogen and oxygen atoms in total. The van der Waals surface area contributed by atoms with Gasteiger partial charge in [0.2, 0.25) is 0 Å². The number of carboxylic acids is 1. The molecule has 0 saturated carbocycles. The van der Waals surface area contributed by atoms with Crippen molar-refractivity contribution in [3.63, 3.8) is 0 Å². The van der Waals surface area contributed by atoms with Crippen molar-refractivity contribution in [1.82, 2.24) is 15.1 Å². The van der Waals surface area contributed by atoms with Crippen LogP contribution in [0.4, 0.5) is 0 Å². The zero-order valence-corrected chi connectivity index (χ0v) is 10.1. The molecule has 2 heterocycles. The van der Waals surface area contributed by atoms with Crippen LogP contribution in [0.5, 0.6) is 0 Å². The second-order valence-electron chi connectivity index (χ2n) is 3.87. The summed E-state index contributed by atoms with van der Waals surface area (Å²) in [5.41, 5.74) is 0.247. The molecule has 0 aliphatic rings. The van der Waals surface area contributed by atoms with Gasteiger partial charge in [-0.05, 0) is 18.2 Å². The van der Waals surface area contributed by atoms with Crippen LogP contribution in [-0.4, -0.2) is 26.8 Å². The van der Waals surface area contributed by atoms with Gasteiger partial charge in [0, 0.05) is 6.20 Å². The minimum atomic E-state index is -0.903. The van der Waals surface area contributed by atoms with Crippen molar-refractivity contribution < 1.29 is 19.1 Å². The number of rotatable bonds is 6. The molecule has 0 fully saturated rings. The first-order valence-corrected chi connectivity index (χ1v) is 5.71. The molecule has 0 saturated heterocycles. The van der Waals surface area contributed by atoms with Crippen molar-refractivity contribution in [2.45, 2.75) is 19.5 Å². The van der Waals surface area contributed by atoms with E-state index in [1.54, 1.807) is 24.4 Å². The van der Waals surface area contributed by atoms with E-state index in [0.29, 0.717) is 5.76 Å². The van der Waals surface area contributed by atoms with Crippen molar-refractivity contribution in [3.8, 4) is 0 Å². The van der Waals surface area contributed by atoms with E-state index in [4.69, 9.17) is 9.52 Å². The van der Waals surface area contributed by atoms with Crippen LogP contribution in [0.3, 0.4) is 0 Å². The molecule has 100 valence electrons. The van der Waals surface area contributed by atoms with Gasteiger partial charge in [0.05, 0.1) is 25.8 Å². The normalized spacial score (nSPS) is 10.3. The number of aryl methyl sites for hydroxylation is 1. The van der Waals surface area contributed by atoms with Crippen LogP contribution in [0.25, 0.3) is 0 Å². The Balaban J connectivity index is 1.87. The molecule has 2 N–H and O–H groups in total. The third-order valence-corrected chi connectivity index (χ3v) is 2.43. The number of hydrogen-bond donors (Lipinski definition) is 2. The summed E-state index contributed by atoms with van der Waals surface area (Å²) in [6.45, 7) is 0.522. The quantitative estimate of drug-likeness (QED) is 0.806. The molecule has 0 bridgehead atoms. The predicted molar refractivity (Wildman–Crippen MR) is 64.4 cm³/mol. The molecular formula is C12H13N3O4. The monoisotopic (exact) mass is 263 g/mol. The molecule has 2 aromatic heterocycles. The summed E-state index contributed by atoms with van der Waals surface area (Å²) in [4.78, 5) is 22.2. The Hall–Kier alpha value is -2.57. The number of carbonyl (C=O) groups excluding carboxylic acids is 1. The first kappa shape index (κ1) is 12.9. The van der Waals surface area contributed by atoms with E-state index in [9.17, 15) is 9.59 Å². The fourth-order valence-corrected chi connectivity index (χ4v) is 1.49. The molecule has 0 unspecified atom stereocenters. The smallest absolute Gasteiger partial charge is 0.305 e. The SMILES string of the molecule is O=C(O)CCn1ccc(C(=O)NCc2ccco2)n1. The number of nitrogens with zero attached hydrogens (tertiary/aromatic N) is 2. The third-order valence-electron chi connectivity index (χ3n) is 2.43. The average Bonchev–Trinajstić information content (AvgIpc) is 3.04. The lowest BCUT2D eigenvalue weighted by Crippen LogP contribution is -2.23. The van der Waals surface area contributed by atoms with E-state index >= 15 is 0 Å². The molecule has 2 aromatic rings. The Morgan fingerprint density at radius 3 is 2.95 bits per heavy atom. The lowest BCUT2D eigenvalue weighted by atomic mass is 10.4. The molecule has 0 spiro atoms. The van der Waals surface area contributed by atoms with Gasteiger partial charge in [-0.15, -0.1) is 0 Å². The van der Waals surface area contributed by atoms with Gasteiger partial charge in [-0.1, -0.05) is 0 Å². The summed E-state index contributed by atoms with van der Waals surface area (Å²) in [5, 5.41) is 15.2. The lowest BCUT2D eigenvalue weighted by Gasteiger charge is -2.00. The second-order valence-corrected chi connectivity index (χ2v) is 3.87. The van der Waals surface area contributed by atoms with Gasteiger partial charge in [0.25, 0.3) is 5.91 Å². The van der Waals surface area contributed by atoms with Crippen molar-refractivity contribution in [2.24, 2.45) is 0 Å². The van der Waals surface area contributed by atoms with Crippen molar-refractivity contribution in [3.05, 3.63) is 42.1 Å². The van der Waals surface area contributed by atoms with Crippen molar-refractivity contribution in [1.29, 1.82) is 0 Å². The Kier molecular flexibility index (Phi) is 3.97. The number of aliphatic carboxylic acids is 1. The Morgan fingerprint density at radius 2 is 2.26 bits per heavy atom. The third kappa shape index (κ3) is 3.70. The van der Waals surface area contributed by atoms with E-state index < -0.39 is 5.97 Å². The van der Waals surface area contributed by atoms with Crippen LogP contribution in [0.15, 0.2) is 35.1 Å². The Bertz CT molecular complexity index is 559. The maximum absolute atomic E-state index is 11.7. The molecule has 2 rings (SSSR count). The lowest BCUT2D eigenvalue weighted by molar-refractivity contribution is -0.137. The summed E-state index contributed by atoms with van der Waals surface area (Å²) in [5.74, 6) is -0.580. The van der Waals surface area contributed by atoms with Gasteiger partial charge in [-0.25, -0.2) is 0 Å². The highest BCUT2D eigenvalue weighted by Crippen LogP contribution is 2.01. The zero-order chi connectivity index (χ0) is 13.7. The number of amides is 1. The van der Waals surface area contributed by atoms with E-state index in [-0.39, 0.29) is 31.1 Å². The summed E-state index contributed by atoms with van der Waals surface area (Å²) < 4.78 is 6.51. The number of aromatic nitrogens is 2. The predicted octanol–water partition coefficient (Wildman–Crippen LogP) is 0.881. The fraction of sp³-hybridized carbons (Fsp3) is 0.250. The molecule has 0 atom stereocenters. The first-order valence-electron chi connectivity index (χ1n) is 5.71. The molecule has 7 heteroatoms. The summed E-state index contributed by atoms with van der Waals surface area (Å²) in [7, 11) is 0. The van der Waals surface area contributed by atoms with E-state index in [1.165, 1.54) is 10.9 Å². The van der Waals surface area contributed by atoms with Crippen LogP contribution < -0.4 is 5.32 Å². The Morgan fingerprint density at radius 1 is 1.42 bits per heavy atom. The van der Waals surface area contributed by atoms with Gasteiger partial charge in [-0.2, -0.15) is 5.10 Å². The van der Waals surface area contributed by atoms with Crippen molar-refractivity contribution in [2.75, 3.05) is 0 Å². The fourth-order valence-electron chi connectivity index (χ4n) is 1.49. The van der Waals surface area contributed by atoms with Crippen LogP contribution in [-0.2, 0) is 17.9 Å². The minimum absolute atomic E-state index is 0.0326. The molecule has 0 aromatic carbocycles. The van der Waals surface area contributed by atoms with Crippen LogP contribution in [0.2, 0.25) is 0 Å². The number of nitrogens with one attached hydrogen (secondary N) is 1. The summed E-state index contributed by atoms with van der Waals surface area (Å²) in [6.07, 6.45) is 3.07. The first-order chi connectivity index (χ1) is 9.15. The molecule has 1 amide bonds. The summed E-state index contributed by atoms with van der Waals surface area (Å²) in [6, 6.07) is 5.03. The number of carboxylic acid groups (broad SMARTS) is 1. The number of furan rings is 1. The molecule has 19 heavy (non-hydrogen) atoms. The molecule has 0 radical (unpaired) electrons. The van der Waals surface area contributed by atoms with Gasteiger partial charge in [0.15, 0.2) is 0 Å². The topological polar surface area (TPSA) is 97.4 Å². The maximum Gasteiger partial charge on any atom is 0.305 e. The maximum atomic E-state index is 11.7. The van der Waals surface area contributed by atoms with Crippen LogP contribution in [0.1, 0.15) is 22.7 Å². The van der Waals surface area contributed by atoms with E-state index in [1.807, 2.05) is 0 Å². The molecular weight excluding hydrogens is 250 g/mol. The molecule has 0 aliphatic carbocycles. The van der Waals surface area contributed by atoms with Crippen LogP contribution in [0, 0.1) is 0 Å². The summed E-state index contributed by atoms with van der Waals surface area (Å²) >= 11 is 0.